The monoisotopic (exact) mass is 595 g/mol. The van der Waals surface area contributed by atoms with Gasteiger partial charge in [0, 0.05) is 10.6 Å². The summed E-state index contributed by atoms with van der Waals surface area (Å²) in [5, 5.41) is 16.0. The fourth-order valence-electron chi connectivity index (χ4n) is 3.49. The number of nitrogens with zero attached hydrogens (tertiary/aromatic N) is 3. The fraction of sp³-hybridized carbons (Fsp3) is 0.304. The van der Waals surface area contributed by atoms with Gasteiger partial charge in [-0.2, -0.15) is 26.3 Å². The molecule has 2 aromatic carbocycles. The van der Waals surface area contributed by atoms with Crippen LogP contribution in [-0.4, -0.2) is 50.3 Å². The van der Waals surface area contributed by atoms with Gasteiger partial charge in [0.15, 0.2) is 11.9 Å². The van der Waals surface area contributed by atoms with Crippen molar-refractivity contribution in [3.8, 4) is 11.4 Å². The first-order valence-electron chi connectivity index (χ1n) is 11.1. The molecular formula is C23H20ClF6N5O5. The number of rotatable bonds is 9. The van der Waals surface area contributed by atoms with Crippen LogP contribution in [0.3, 0.4) is 0 Å². The van der Waals surface area contributed by atoms with Crippen LogP contribution in [0.5, 0.6) is 0 Å². The lowest BCUT2D eigenvalue weighted by molar-refractivity contribution is -0.207. The summed E-state index contributed by atoms with van der Waals surface area (Å²) in [5.41, 5.74) is 2.67. The van der Waals surface area contributed by atoms with Gasteiger partial charge < -0.3 is 20.9 Å². The predicted molar refractivity (Wildman–Crippen MR) is 127 cm³/mol. The van der Waals surface area contributed by atoms with Crippen LogP contribution in [-0.2, 0) is 28.8 Å². The molecule has 4 N–H and O–H groups in total. The molecule has 0 aliphatic heterocycles. The standard InChI is InChI=1S/C23H20ClF6N5O5/c24-15-6-4-12(5-7-15)19-33-35(21(39)34(19)9-17(36)23(28,29)30)10-18(37)32-16(11-40-20(31)38)13-2-1-3-14(8-13)22(25,26)27/h1-8,16-17,36H,9-11H2,(H2,31,38)(H,32,37). The number of hydrogen-bond donors (Lipinski definition) is 3. The molecule has 40 heavy (non-hydrogen) atoms. The van der Waals surface area contributed by atoms with E-state index in [1.807, 2.05) is 0 Å². The number of alkyl halides is 6. The normalized spacial score (nSPS) is 13.5. The zero-order chi connectivity index (χ0) is 29.8. The van der Waals surface area contributed by atoms with Gasteiger partial charge in [0.2, 0.25) is 5.91 Å². The molecule has 0 aliphatic carbocycles. The second kappa shape index (κ2) is 12.0. The molecule has 2 amide bonds. The number of carbonyl (C=O) groups is 2. The Morgan fingerprint density at radius 2 is 1.75 bits per heavy atom. The van der Waals surface area contributed by atoms with Crippen molar-refractivity contribution in [2.75, 3.05) is 6.61 Å². The molecule has 0 saturated carbocycles. The Labute approximate surface area is 225 Å². The number of carbonyl (C=O) groups excluding carboxylic acids is 2. The summed E-state index contributed by atoms with van der Waals surface area (Å²) in [6.07, 6.45) is -14.0. The number of halogens is 7. The van der Waals surface area contributed by atoms with Gasteiger partial charge in [-0.25, -0.2) is 14.3 Å². The lowest BCUT2D eigenvalue weighted by Crippen LogP contribution is -2.39. The maximum Gasteiger partial charge on any atom is 0.416 e. The maximum absolute atomic E-state index is 13.2. The van der Waals surface area contributed by atoms with Crippen molar-refractivity contribution >= 4 is 23.6 Å². The van der Waals surface area contributed by atoms with E-state index in [2.05, 4.69) is 15.2 Å². The lowest BCUT2D eigenvalue weighted by atomic mass is 10.0. The molecule has 0 fully saturated rings. The number of aliphatic hydroxyl groups excluding tert-OH is 1. The smallest absolute Gasteiger partial charge is 0.416 e. The number of aromatic nitrogens is 3. The molecule has 10 nitrogen and oxygen atoms in total. The molecule has 0 spiro atoms. The van der Waals surface area contributed by atoms with Crippen molar-refractivity contribution in [2.24, 2.45) is 5.73 Å². The molecule has 3 aromatic rings. The highest BCUT2D eigenvalue weighted by atomic mass is 35.5. The van der Waals surface area contributed by atoms with E-state index in [1.165, 1.54) is 30.3 Å². The first-order valence-corrected chi connectivity index (χ1v) is 11.5. The Balaban J connectivity index is 1.93. The summed E-state index contributed by atoms with van der Waals surface area (Å²) >= 11 is 5.83. The molecule has 1 heterocycles. The van der Waals surface area contributed by atoms with Crippen LogP contribution in [0.1, 0.15) is 17.2 Å². The summed E-state index contributed by atoms with van der Waals surface area (Å²) in [7, 11) is 0. The zero-order valence-corrected chi connectivity index (χ0v) is 20.8. The van der Waals surface area contributed by atoms with Crippen LogP contribution < -0.4 is 16.7 Å². The number of nitrogens with two attached hydrogens (primary N) is 1. The van der Waals surface area contributed by atoms with Crippen molar-refractivity contribution in [3.63, 3.8) is 0 Å². The molecule has 0 radical (unpaired) electrons. The molecule has 0 bridgehead atoms. The third kappa shape index (κ3) is 7.75. The minimum Gasteiger partial charge on any atom is -0.447 e. The summed E-state index contributed by atoms with van der Waals surface area (Å²) in [4.78, 5) is 36.8. The number of hydrogen-bond acceptors (Lipinski definition) is 6. The van der Waals surface area contributed by atoms with Gasteiger partial charge in [-0.15, -0.1) is 5.10 Å². The molecule has 216 valence electrons. The van der Waals surface area contributed by atoms with Crippen LogP contribution in [0, 0.1) is 0 Å². The quantitative estimate of drug-likeness (QED) is 0.324. The van der Waals surface area contributed by atoms with Gasteiger partial charge in [0.1, 0.15) is 13.2 Å². The Hall–Kier alpha value is -4.05. The Morgan fingerprint density at radius 3 is 2.33 bits per heavy atom. The zero-order valence-electron chi connectivity index (χ0n) is 20.0. The van der Waals surface area contributed by atoms with E-state index >= 15 is 0 Å². The van der Waals surface area contributed by atoms with Crippen molar-refractivity contribution in [3.05, 3.63) is 75.2 Å². The van der Waals surface area contributed by atoms with Crippen LogP contribution >= 0.6 is 11.6 Å². The number of amides is 2. The van der Waals surface area contributed by atoms with E-state index in [0.29, 0.717) is 15.3 Å². The van der Waals surface area contributed by atoms with Crippen LogP contribution in [0.25, 0.3) is 11.4 Å². The van der Waals surface area contributed by atoms with Crippen molar-refractivity contribution in [1.82, 2.24) is 19.7 Å². The highest BCUT2D eigenvalue weighted by molar-refractivity contribution is 6.30. The number of nitrogens with one attached hydrogen (secondary N) is 1. The van der Waals surface area contributed by atoms with Gasteiger partial charge >= 0.3 is 24.1 Å². The fourth-order valence-corrected chi connectivity index (χ4v) is 3.62. The first-order chi connectivity index (χ1) is 18.6. The molecule has 0 saturated heterocycles. The number of aliphatic hydroxyl groups is 1. The summed E-state index contributed by atoms with van der Waals surface area (Å²) in [6.45, 7) is -2.83. The first kappa shape index (κ1) is 30.5. The van der Waals surface area contributed by atoms with Gasteiger partial charge in [-0.1, -0.05) is 23.7 Å². The molecule has 17 heteroatoms. The average molecular weight is 596 g/mol. The van der Waals surface area contributed by atoms with E-state index < -0.39 is 67.4 Å². The van der Waals surface area contributed by atoms with Gasteiger partial charge in [0.25, 0.3) is 0 Å². The maximum atomic E-state index is 13.2. The van der Waals surface area contributed by atoms with E-state index in [0.717, 1.165) is 12.1 Å². The van der Waals surface area contributed by atoms with E-state index in [4.69, 9.17) is 17.3 Å². The van der Waals surface area contributed by atoms with Crippen molar-refractivity contribution < 1.29 is 45.8 Å². The van der Waals surface area contributed by atoms with Crippen molar-refractivity contribution in [1.29, 1.82) is 0 Å². The summed E-state index contributed by atoms with van der Waals surface area (Å²) < 4.78 is 84.2. The SMILES string of the molecule is NC(=O)OCC(NC(=O)Cn1nc(-c2ccc(Cl)cc2)n(CC(O)C(F)(F)F)c1=O)c1cccc(C(F)(F)F)c1. The Kier molecular flexibility index (Phi) is 9.14. The van der Waals surface area contributed by atoms with Crippen LogP contribution in [0.4, 0.5) is 31.1 Å². The highest BCUT2D eigenvalue weighted by Crippen LogP contribution is 2.31. The molecule has 2 unspecified atom stereocenters. The summed E-state index contributed by atoms with van der Waals surface area (Å²) in [6, 6.07) is 7.81. The number of ether oxygens (including phenoxy) is 1. The average Bonchev–Trinajstić information content (AvgIpc) is 3.15. The van der Waals surface area contributed by atoms with E-state index in [1.54, 1.807) is 0 Å². The summed E-state index contributed by atoms with van der Waals surface area (Å²) in [5.74, 6) is -1.36. The third-order valence-electron chi connectivity index (χ3n) is 5.40. The van der Waals surface area contributed by atoms with Crippen LogP contribution in [0.2, 0.25) is 5.02 Å². The van der Waals surface area contributed by atoms with Gasteiger partial charge in [-0.3, -0.25) is 9.36 Å². The Morgan fingerprint density at radius 1 is 1.10 bits per heavy atom. The van der Waals surface area contributed by atoms with Crippen LogP contribution in [0.15, 0.2) is 53.3 Å². The van der Waals surface area contributed by atoms with E-state index in [9.17, 15) is 45.8 Å². The molecule has 0 aliphatic rings. The highest BCUT2D eigenvalue weighted by Gasteiger charge is 2.39. The number of primary amides is 1. The van der Waals surface area contributed by atoms with Gasteiger partial charge in [-0.05, 0) is 42.0 Å². The topological polar surface area (TPSA) is 141 Å². The lowest BCUT2D eigenvalue weighted by Gasteiger charge is -2.20. The number of benzene rings is 2. The molecular weight excluding hydrogens is 576 g/mol. The molecule has 2 atom stereocenters. The minimum absolute atomic E-state index is 0.127. The second-order valence-electron chi connectivity index (χ2n) is 8.31. The molecule has 1 aromatic heterocycles. The van der Waals surface area contributed by atoms with Crippen molar-refractivity contribution in [2.45, 2.75) is 37.6 Å². The Bertz CT molecular complexity index is 1420. The minimum atomic E-state index is -5.07. The largest absolute Gasteiger partial charge is 0.447 e. The third-order valence-corrected chi connectivity index (χ3v) is 5.65. The predicted octanol–water partition coefficient (Wildman–Crippen LogP) is 3.26. The second-order valence-corrected chi connectivity index (χ2v) is 8.75. The van der Waals surface area contributed by atoms with E-state index in [-0.39, 0.29) is 22.0 Å². The van der Waals surface area contributed by atoms with Gasteiger partial charge in [0.05, 0.1) is 18.2 Å². The molecule has 3 rings (SSSR count).